The van der Waals surface area contributed by atoms with Gasteiger partial charge in [-0.25, -0.2) is 9.69 Å². The summed E-state index contributed by atoms with van der Waals surface area (Å²) in [5, 5.41) is 9.25. The topological polar surface area (TPSA) is 74.7 Å². The van der Waals surface area contributed by atoms with Crippen LogP contribution < -0.4 is 4.90 Å². The van der Waals surface area contributed by atoms with Gasteiger partial charge in [0.15, 0.2) is 0 Å². The summed E-state index contributed by atoms with van der Waals surface area (Å²) < 4.78 is 0. The normalized spacial score (nSPS) is 15.7. The molecule has 5 heteroatoms. The maximum atomic E-state index is 12.5. The number of carbonyl (C=O) groups is 3. The van der Waals surface area contributed by atoms with Gasteiger partial charge in [-0.1, -0.05) is 42.5 Å². The summed E-state index contributed by atoms with van der Waals surface area (Å²) in [7, 11) is 0. The molecule has 1 saturated heterocycles. The Hall–Kier alpha value is -2.95. The number of carbonyl (C=O) groups excluding carboxylic acids is 2. The number of piperidine rings is 1. The monoisotopic (exact) mass is 309 g/mol. The van der Waals surface area contributed by atoms with E-state index in [1.807, 2.05) is 30.3 Å². The fourth-order valence-electron chi connectivity index (χ4n) is 2.89. The highest BCUT2D eigenvalue weighted by molar-refractivity contribution is 6.19. The second kappa shape index (κ2) is 6.04. The summed E-state index contributed by atoms with van der Waals surface area (Å²) in [6.07, 6.45) is 0.368. The van der Waals surface area contributed by atoms with Gasteiger partial charge in [0.2, 0.25) is 11.8 Å². The van der Waals surface area contributed by atoms with E-state index in [0.29, 0.717) is 0 Å². The van der Waals surface area contributed by atoms with E-state index < -0.39 is 5.97 Å². The van der Waals surface area contributed by atoms with Crippen molar-refractivity contribution >= 4 is 23.5 Å². The van der Waals surface area contributed by atoms with Crippen molar-refractivity contribution in [3.05, 3.63) is 65.7 Å². The molecule has 1 aliphatic rings. The number of amides is 2. The van der Waals surface area contributed by atoms with Crippen LogP contribution in [-0.2, 0) is 9.59 Å². The predicted octanol–water partition coefficient (Wildman–Crippen LogP) is 2.82. The number of hydrogen-bond acceptors (Lipinski definition) is 3. The molecule has 1 fully saturated rings. The third kappa shape index (κ3) is 2.85. The van der Waals surface area contributed by atoms with Crippen LogP contribution in [0.1, 0.15) is 34.7 Å². The Morgan fingerprint density at radius 1 is 0.913 bits per heavy atom. The Kier molecular flexibility index (Phi) is 3.93. The standard InChI is InChI=1S/C18H15NO4/c20-16-10-13(12-6-2-1-3-7-12)11-17(21)19(16)15-9-5-4-8-14(15)18(22)23/h1-9,13H,10-11H2,(H,22,23). The quantitative estimate of drug-likeness (QED) is 0.885. The largest absolute Gasteiger partial charge is 0.478 e. The van der Waals surface area contributed by atoms with Crippen LogP contribution in [0, 0.1) is 0 Å². The number of para-hydroxylation sites is 1. The highest BCUT2D eigenvalue weighted by Crippen LogP contribution is 2.33. The van der Waals surface area contributed by atoms with Crippen LogP contribution in [0.15, 0.2) is 54.6 Å². The number of aromatic carboxylic acids is 1. The Balaban J connectivity index is 1.92. The van der Waals surface area contributed by atoms with Crippen LogP contribution in [0.3, 0.4) is 0 Å². The molecule has 0 spiro atoms. The van der Waals surface area contributed by atoms with Crippen LogP contribution in [0.2, 0.25) is 0 Å². The minimum absolute atomic E-state index is 0.0487. The van der Waals surface area contributed by atoms with E-state index in [0.717, 1.165) is 10.5 Å². The van der Waals surface area contributed by atoms with E-state index in [4.69, 9.17) is 0 Å². The molecule has 0 unspecified atom stereocenters. The lowest BCUT2D eigenvalue weighted by atomic mass is 9.88. The van der Waals surface area contributed by atoms with Crippen LogP contribution in [0.25, 0.3) is 0 Å². The Labute approximate surface area is 133 Å². The van der Waals surface area contributed by atoms with Crippen LogP contribution in [-0.4, -0.2) is 22.9 Å². The number of anilines is 1. The molecule has 1 heterocycles. The summed E-state index contributed by atoms with van der Waals surface area (Å²) in [6, 6.07) is 15.5. The SMILES string of the molecule is O=C(O)c1ccccc1N1C(=O)CC(c2ccccc2)CC1=O. The Morgan fingerprint density at radius 3 is 2.09 bits per heavy atom. The molecule has 0 saturated carbocycles. The third-order valence-corrected chi connectivity index (χ3v) is 3.99. The molecule has 5 nitrogen and oxygen atoms in total. The van der Waals surface area contributed by atoms with Gasteiger partial charge in [0, 0.05) is 18.8 Å². The van der Waals surface area contributed by atoms with Crippen molar-refractivity contribution in [1.82, 2.24) is 0 Å². The summed E-state index contributed by atoms with van der Waals surface area (Å²) in [5.74, 6) is -2.07. The number of carboxylic acid groups (broad SMARTS) is 1. The third-order valence-electron chi connectivity index (χ3n) is 3.99. The van der Waals surface area contributed by atoms with Crippen molar-refractivity contribution in [2.75, 3.05) is 4.90 Å². The summed E-state index contributed by atoms with van der Waals surface area (Å²) >= 11 is 0. The maximum Gasteiger partial charge on any atom is 0.337 e. The average molecular weight is 309 g/mol. The van der Waals surface area contributed by atoms with Gasteiger partial charge in [-0.3, -0.25) is 9.59 Å². The first-order valence-corrected chi connectivity index (χ1v) is 7.31. The molecule has 0 aromatic heterocycles. The Bertz CT molecular complexity index is 752. The van der Waals surface area contributed by atoms with Gasteiger partial charge >= 0.3 is 5.97 Å². The number of rotatable bonds is 3. The van der Waals surface area contributed by atoms with Gasteiger partial charge in [-0.2, -0.15) is 0 Å². The van der Waals surface area contributed by atoms with Crippen LogP contribution in [0.4, 0.5) is 5.69 Å². The van der Waals surface area contributed by atoms with E-state index in [1.54, 1.807) is 12.1 Å². The molecule has 23 heavy (non-hydrogen) atoms. The highest BCUT2D eigenvalue weighted by Gasteiger charge is 2.35. The number of hydrogen-bond donors (Lipinski definition) is 1. The first-order chi connectivity index (χ1) is 11.1. The van der Waals surface area contributed by atoms with E-state index in [2.05, 4.69) is 0 Å². The van der Waals surface area contributed by atoms with E-state index in [-0.39, 0.29) is 41.8 Å². The molecule has 1 N–H and O–H groups in total. The molecule has 2 aromatic carbocycles. The molecule has 2 amide bonds. The minimum atomic E-state index is -1.16. The number of benzene rings is 2. The number of nitrogens with zero attached hydrogens (tertiary/aromatic N) is 1. The smallest absolute Gasteiger partial charge is 0.337 e. The van der Waals surface area contributed by atoms with Gasteiger partial charge in [0.1, 0.15) is 0 Å². The van der Waals surface area contributed by atoms with Crippen LogP contribution >= 0.6 is 0 Å². The first kappa shape index (κ1) is 15.0. The molecular weight excluding hydrogens is 294 g/mol. The zero-order chi connectivity index (χ0) is 16.4. The molecule has 1 aliphatic heterocycles. The van der Waals surface area contributed by atoms with Crippen molar-refractivity contribution in [2.24, 2.45) is 0 Å². The molecule has 116 valence electrons. The predicted molar refractivity (Wildman–Crippen MR) is 84.3 cm³/mol. The van der Waals surface area contributed by atoms with Crippen LogP contribution in [0.5, 0.6) is 0 Å². The molecule has 0 aliphatic carbocycles. The lowest BCUT2D eigenvalue weighted by Gasteiger charge is -2.31. The molecule has 0 bridgehead atoms. The molecular formula is C18H15NO4. The van der Waals surface area contributed by atoms with Gasteiger partial charge in [0.05, 0.1) is 11.3 Å². The zero-order valence-corrected chi connectivity index (χ0v) is 12.3. The summed E-state index contributed by atoms with van der Waals surface area (Å²) in [6.45, 7) is 0. The van der Waals surface area contributed by atoms with Gasteiger partial charge in [-0.05, 0) is 17.7 Å². The first-order valence-electron chi connectivity index (χ1n) is 7.31. The van der Waals surface area contributed by atoms with E-state index in [1.165, 1.54) is 12.1 Å². The second-order valence-corrected chi connectivity index (χ2v) is 5.46. The highest BCUT2D eigenvalue weighted by atomic mass is 16.4. The second-order valence-electron chi connectivity index (χ2n) is 5.46. The molecule has 0 atom stereocenters. The van der Waals surface area contributed by atoms with Crippen molar-refractivity contribution in [1.29, 1.82) is 0 Å². The number of carboxylic acids is 1. The van der Waals surface area contributed by atoms with E-state index >= 15 is 0 Å². The van der Waals surface area contributed by atoms with Gasteiger partial charge in [0.25, 0.3) is 0 Å². The molecule has 2 aromatic rings. The summed E-state index contributed by atoms with van der Waals surface area (Å²) in [5.41, 5.74) is 1.04. The summed E-state index contributed by atoms with van der Waals surface area (Å²) in [4.78, 5) is 37.3. The van der Waals surface area contributed by atoms with Gasteiger partial charge in [-0.15, -0.1) is 0 Å². The van der Waals surface area contributed by atoms with Gasteiger partial charge < -0.3 is 5.11 Å². The maximum absolute atomic E-state index is 12.5. The molecule has 0 radical (unpaired) electrons. The number of imide groups is 1. The van der Waals surface area contributed by atoms with Crippen molar-refractivity contribution in [2.45, 2.75) is 18.8 Å². The van der Waals surface area contributed by atoms with Crippen molar-refractivity contribution in [3.63, 3.8) is 0 Å². The average Bonchev–Trinajstić information content (AvgIpc) is 2.55. The Morgan fingerprint density at radius 2 is 1.48 bits per heavy atom. The van der Waals surface area contributed by atoms with E-state index in [9.17, 15) is 19.5 Å². The minimum Gasteiger partial charge on any atom is -0.478 e. The lowest BCUT2D eigenvalue weighted by Crippen LogP contribution is -2.43. The van der Waals surface area contributed by atoms with Crippen molar-refractivity contribution < 1.29 is 19.5 Å². The lowest BCUT2D eigenvalue weighted by molar-refractivity contribution is -0.129. The fraction of sp³-hybridized carbons (Fsp3) is 0.167. The zero-order valence-electron chi connectivity index (χ0n) is 12.3. The van der Waals surface area contributed by atoms with Crippen molar-refractivity contribution in [3.8, 4) is 0 Å². The fourth-order valence-corrected chi connectivity index (χ4v) is 2.89. The molecule has 3 rings (SSSR count).